The van der Waals surface area contributed by atoms with E-state index in [2.05, 4.69) is 95.3 Å². The Balaban J connectivity index is 0.000000410. The number of rotatable bonds is 0. The number of aryl methyl sites for hydroxylation is 1. The second kappa shape index (κ2) is 12.3. The van der Waals surface area contributed by atoms with Gasteiger partial charge in [-0.2, -0.15) is 47.5 Å². The van der Waals surface area contributed by atoms with Gasteiger partial charge in [0.25, 0.3) is 0 Å². The predicted molar refractivity (Wildman–Crippen MR) is 96.6 cm³/mol. The Morgan fingerprint density at radius 3 is 2.16 bits per heavy atom. The molecule has 0 N–H and O–H groups in total. The number of benzene rings is 2. The molecule has 25 heavy (non-hydrogen) atoms. The van der Waals surface area contributed by atoms with E-state index in [1.54, 1.807) is 0 Å². The van der Waals surface area contributed by atoms with E-state index in [0.717, 1.165) is 6.42 Å². The van der Waals surface area contributed by atoms with Crippen molar-refractivity contribution in [1.82, 2.24) is 0 Å². The molecule has 1 aliphatic rings. The Morgan fingerprint density at radius 2 is 1.60 bits per heavy atom. The van der Waals surface area contributed by atoms with Crippen LogP contribution in [0.5, 0.6) is 0 Å². The maximum Gasteiger partial charge on any atom is -0.0253 e. The van der Waals surface area contributed by atoms with E-state index in [1.165, 1.54) is 31.6 Å². The molecule has 0 amide bonds. The first-order chi connectivity index (χ1) is 11.1. The van der Waals surface area contributed by atoms with Crippen LogP contribution in [0.2, 0.25) is 0 Å². The summed E-state index contributed by atoms with van der Waals surface area (Å²) in [6, 6.07) is 26.3. The van der Waals surface area contributed by atoms with Crippen LogP contribution in [0.4, 0.5) is 0 Å². The summed E-state index contributed by atoms with van der Waals surface area (Å²) in [4.78, 5) is 0. The summed E-state index contributed by atoms with van der Waals surface area (Å²) in [5, 5.41) is 0. The zero-order valence-electron chi connectivity index (χ0n) is 14.8. The van der Waals surface area contributed by atoms with Gasteiger partial charge in [-0.05, 0) is 6.42 Å². The molecule has 0 nitrogen and oxygen atoms in total. The minimum atomic E-state index is 0. The van der Waals surface area contributed by atoms with E-state index < -0.39 is 0 Å². The van der Waals surface area contributed by atoms with Gasteiger partial charge in [-0.25, -0.2) is 12.1 Å². The molecule has 0 heterocycles. The first-order valence-corrected chi connectivity index (χ1v) is 8.64. The summed E-state index contributed by atoms with van der Waals surface area (Å²) < 4.78 is 1.42. The average molecular weight is 405 g/mol. The minimum absolute atomic E-state index is 0. The monoisotopic (exact) mass is 404 g/mol. The molecule has 0 fully saturated rings. The van der Waals surface area contributed by atoms with Crippen molar-refractivity contribution in [2.24, 2.45) is 0 Å². The second-order valence-corrected chi connectivity index (χ2v) is 7.42. The van der Waals surface area contributed by atoms with Crippen LogP contribution in [0, 0.1) is 13.0 Å². The van der Waals surface area contributed by atoms with Crippen molar-refractivity contribution in [2.75, 3.05) is 0 Å². The maximum absolute atomic E-state index is 3.30. The molecule has 0 aliphatic heterocycles. The molecular formula is C22H22Cl2Ti-2. The van der Waals surface area contributed by atoms with Crippen LogP contribution < -0.4 is 24.8 Å². The van der Waals surface area contributed by atoms with Crippen molar-refractivity contribution in [3.63, 3.8) is 0 Å². The first kappa shape index (κ1) is 24.0. The van der Waals surface area contributed by atoms with Crippen LogP contribution in [0.15, 0.2) is 66.7 Å². The topological polar surface area (TPSA) is 0 Å². The molecule has 0 saturated heterocycles. The standard InChI is InChI=1S/C13H9.C6H7.C3H6.2ClH.Ti/c1-3-7-12-10(5-1)9-11-6-2-4-8-13(11)12;1-6-4-2-3-5-6;1-3-2;;;/h1-5,7-8H,9H2;2-5H,1H3;1-2H3;2*1H;/q2*-1;;;;+2/p-2. The average Bonchev–Trinajstić information content (AvgIpc) is 3.13. The summed E-state index contributed by atoms with van der Waals surface area (Å²) in [6.45, 7) is 6.25. The summed E-state index contributed by atoms with van der Waals surface area (Å²) >= 11 is 2.08. The van der Waals surface area contributed by atoms with Crippen LogP contribution in [0.3, 0.4) is 0 Å². The van der Waals surface area contributed by atoms with Gasteiger partial charge in [0, 0.05) is 0 Å². The minimum Gasteiger partial charge on any atom is -1.00 e. The fourth-order valence-corrected chi connectivity index (χ4v) is 2.47. The summed E-state index contributed by atoms with van der Waals surface area (Å²) in [7, 11) is 0. The van der Waals surface area contributed by atoms with E-state index in [1.807, 2.05) is 18.2 Å². The molecule has 3 aromatic rings. The molecule has 3 aromatic carbocycles. The number of hydrogen-bond donors (Lipinski definition) is 0. The molecule has 3 heteroatoms. The molecule has 4 rings (SSSR count). The maximum atomic E-state index is 3.30. The fraction of sp³-hybridized carbons (Fsp3) is 0.182. The number of fused-ring (bicyclic) bond motifs is 3. The van der Waals surface area contributed by atoms with Crippen LogP contribution in [-0.2, 0) is 26.4 Å². The molecule has 0 atom stereocenters. The molecular weight excluding hydrogens is 383 g/mol. The van der Waals surface area contributed by atoms with Gasteiger partial charge >= 0.3 is 37.6 Å². The quantitative estimate of drug-likeness (QED) is 0.274. The van der Waals surface area contributed by atoms with Gasteiger partial charge in [0.2, 0.25) is 0 Å². The molecule has 0 aromatic heterocycles. The third-order valence-corrected chi connectivity index (χ3v) is 3.45. The van der Waals surface area contributed by atoms with Crippen LogP contribution >= 0.6 is 0 Å². The Hall–Kier alpha value is -1.05. The smallest absolute Gasteiger partial charge is 0.0253 e. The van der Waals surface area contributed by atoms with Gasteiger partial charge in [-0.1, -0.05) is 42.3 Å². The van der Waals surface area contributed by atoms with Gasteiger partial charge in [-0.3, -0.25) is 0 Å². The summed E-state index contributed by atoms with van der Waals surface area (Å²) in [5.41, 5.74) is 6.85. The van der Waals surface area contributed by atoms with Crippen molar-refractivity contribution in [1.29, 1.82) is 0 Å². The second-order valence-electron chi connectivity index (χ2n) is 5.86. The third kappa shape index (κ3) is 7.80. The van der Waals surface area contributed by atoms with Gasteiger partial charge in [0.1, 0.15) is 0 Å². The fourth-order valence-electron chi connectivity index (χ4n) is 2.47. The van der Waals surface area contributed by atoms with Gasteiger partial charge in [0.15, 0.2) is 0 Å². The van der Waals surface area contributed by atoms with Crippen molar-refractivity contribution in [2.45, 2.75) is 27.2 Å². The summed E-state index contributed by atoms with van der Waals surface area (Å²) in [5.74, 6) is 0. The van der Waals surface area contributed by atoms with Crippen LogP contribution in [0.1, 0.15) is 30.5 Å². The van der Waals surface area contributed by atoms with E-state index in [4.69, 9.17) is 0 Å². The van der Waals surface area contributed by atoms with Crippen molar-refractivity contribution < 1.29 is 44.8 Å². The van der Waals surface area contributed by atoms with E-state index in [9.17, 15) is 0 Å². The molecule has 0 spiro atoms. The Kier molecular flexibility index (Phi) is 11.8. The van der Waals surface area contributed by atoms with Gasteiger partial charge < -0.3 is 24.8 Å². The molecule has 0 saturated carbocycles. The van der Waals surface area contributed by atoms with Crippen molar-refractivity contribution in [3.05, 3.63) is 89.5 Å². The Labute approximate surface area is 175 Å². The van der Waals surface area contributed by atoms with E-state index in [-0.39, 0.29) is 24.8 Å². The zero-order valence-corrected chi connectivity index (χ0v) is 17.9. The third-order valence-electron chi connectivity index (χ3n) is 3.45. The van der Waals surface area contributed by atoms with Crippen molar-refractivity contribution >= 4 is 3.81 Å². The molecule has 1 aliphatic carbocycles. The summed E-state index contributed by atoms with van der Waals surface area (Å²) in [6.07, 6.45) is 1.05. The SMILES string of the molecule is C[C](C)=[Ti+2].Cc1ccc[cH-]1.[Cl-].[Cl-].[c-]1cccc2c1Cc1ccccc1-2. The molecule has 0 radical (unpaired) electrons. The largest absolute Gasteiger partial charge is 1.00 e. The van der Waals surface area contributed by atoms with E-state index in [0.29, 0.717) is 0 Å². The molecule has 130 valence electrons. The first-order valence-electron chi connectivity index (χ1n) is 7.86. The molecule has 0 bridgehead atoms. The van der Waals surface area contributed by atoms with Gasteiger partial charge in [0.05, 0.1) is 0 Å². The van der Waals surface area contributed by atoms with E-state index >= 15 is 0 Å². The molecule has 0 unspecified atom stereocenters. The number of hydrogen-bond acceptors (Lipinski definition) is 0. The zero-order chi connectivity index (χ0) is 16.7. The normalized spacial score (nSPS) is 9.64. The van der Waals surface area contributed by atoms with Crippen LogP contribution in [-0.4, -0.2) is 3.81 Å². The van der Waals surface area contributed by atoms with Crippen LogP contribution in [0.25, 0.3) is 11.1 Å². The Morgan fingerprint density at radius 1 is 0.960 bits per heavy atom. The predicted octanol–water partition coefficient (Wildman–Crippen LogP) is -0.475. The van der Waals surface area contributed by atoms with Gasteiger partial charge in [-0.15, -0.1) is 5.56 Å². The number of halogens is 2. The Bertz CT molecular complexity index is 714. The van der Waals surface area contributed by atoms with Crippen molar-refractivity contribution in [3.8, 4) is 11.1 Å².